The average molecular weight is 580 g/mol. The number of pyridine rings is 1. The number of fused-ring (bicyclic) bond motifs is 1. The van der Waals surface area contributed by atoms with Gasteiger partial charge < -0.3 is 20.3 Å². The number of amides is 1. The lowest BCUT2D eigenvalue weighted by molar-refractivity contribution is -0.192. The first kappa shape index (κ1) is 27.5. The van der Waals surface area contributed by atoms with Crippen LogP contribution in [0.25, 0.3) is 22.4 Å². The van der Waals surface area contributed by atoms with E-state index < -0.39 is 12.1 Å². The quantitative estimate of drug-likeness (QED) is 0.229. The second kappa shape index (κ2) is 11.0. The van der Waals surface area contributed by atoms with Crippen LogP contribution in [0.4, 0.5) is 29.7 Å². The van der Waals surface area contributed by atoms with Crippen molar-refractivity contribution in [1.82, 2.24) is 34.1 Å². The standard InChI is InChI=1S/C20H16ClN9OS.C2HF3O2/c1-10-5-11(25-19(31)16-8-30(2)9-22-16)6-15(24-10)18-27-20(32-29-18)26-14-4-3-13-12(17(14)21)7-23-28-13;3-2(4,5)1(6)7/h3-9H,1-2H3,(H,23,28)(H,24,25,31)(H,26,27,29);(H,6,7). The number of rotatable bonds is 5. The molecular formula is C22H17ClF3N9O3S. The molecular weight excluding hydrogens is 563 g/mol. The number of aromatic amines is 1. The summed E-state index contributed by atoms with van der Waals surface area (Å²) in [5.74, 6) is -2.62. The Morgan fingerprint density at radius 2 is 1.95 bits per heavy atom. The highest BCUT2D eigenvalue weighted by Crippen LogP contribution is 2.33. The maximum Gasteiger partial charge on any atom is 0.490 e. The summed E-state index contributed by atoms with van der Waals surface area (Å²) in [6.07, 6.45) is -0.190. The molecule has 0 aliphatic heterocycles. The van der Waals surface area contributed by atoms with Crippen LogP contribution in [0.3, 0.4) is 0 Å². The van der Waals surface area contributed by atoms with Gasteiger partial charge in [-0.15, -0.1) is 0 Å². The van der Waals surface area contributed by atoms with Crippen LogP contribution in [0, 0.1) is 6.92 Å². The highest BCUT2D eigenvalue weighted by molar-refractivity contribution is 7.10. The van der Waals surface area contributed by atoms with Gasteiger partial charge in [0.1, 0.15) is 11.4 Å². The third-order valence-corrected chi connectivity index (χ3v) is 5.88. The van der Waals surface area contributed by atoms with E-state index in [2.05, 4.69) is 40.2 Å². The van der Waals surface area contributed by atoms with E-state index in [1.54, 1.807) is 42.5 Å². The topological polar surface area (TPSA) is 164 Å². The summed E-state index contributed by atoms with van der Waals surface area (Å²) in [4.78, 5) is 34.4. The Morgan fingerprint density at radius 1 is 1.21 bits per heavy atom. The molecule has 4 N–H and O–H groups in total. The number of hydrogen-bond acceptors (Lipinski definition) is 9. The third kappa shape index (κ3) is 6.66. The number of halogens is 4. The van der Waals surface area contributed by atoms with Gasteiger partial charge in [-0.05, 0) is 31.2 Å². The van der Waals surface area contributed by atoms with Crippen molar-refractivity contribution in [3.8, 4) is 11.5 Å². The van der Waals surface area contributed by atoms with Crippen molar-refractivity contribution < 1.29 is 27.9 Å². The summed E-state index contributed by atoms with van der Waals surface area (Å²) in [5.41, 5.74) is 3.72. The zero-order valence-electron chi connectivity index (χ0n) is 19.9. The lowest BCUT2D eigenvalue weighted by Gasteiger charge is -2.06. The molecule has 0 atom stereocenters. The fourth-order valence-electron chi connectivity index (χ4n) is 3.15. The Labute approximate surface area is 226 Å². The van der Waals surface area contributed by atoms with Crippen molar-refractivity contribution in [2.24, 2.45) is 7.05 Å². The number of carboxylic acid groups (broad SMARTS) is 1. The van der Waals surface area contributed by atoms with E-state index in [-0.39, 0.29) is 5.91 Å². The molecule has 5 aromatic rings. The maximum atomic E-state index is 12.4. The Morgan fingerprint density at radius 3 is 2.62 bits per heavy atom. The summed E-state index contributed by atoms with van der Waals surface area (Å²) in [6, 6.07) is 7.23. The van der Waals surface area contributed by atoms with Crippen LogP contribution in [0.1, 0.15) is 16.2 Å². The van der Waals surface area contributed by atoms with Crippen molar-refractivity contribution in [3.63, 3.8) is 0 Å². The first-order valence-electron chi connectivity index (χ1n) is 10.7. The number of imidazole rings is 1. The number of aliphatic carboxylic acids is 1. The summed E-state index contributed by atoms with van der Waals surface area (Å²) in [7, 11) is 1.80. The normalized spacial score (nSPS) is 11.1. The van der Waals surface area contributed by atoms with Gasteiger partial charge in [0.05, 0.1) is 28.8 Å². The first-order valence-corrected chi connectivity index (χ1v) is 11.9. The van der Waals surface area contributed by atoms with Gasteiger partial charge in [-0.3, -0.25) is 9.89 Å². The highest BCUT2D eigenvalue weighted by Gasteiger charge is 2.38. The molecule has 17 heteroatoms. The monoisotopic (exact) mass is 579 g/mol. The van der Waals surface area contributed by atoms with E-state index in [9.17, 15) is 18.0 Å². The Kier molecular flexibility index (Phi) is 7.78. The summed E-state index contributed by atoms with van der Waals surface area (Å²) in [5, 5.41) is 22.0. The number of aromatic nitrogens is 7. The zero-order chi connectivity index (χ0) is 28.3. The second-order valence-electron chi connectivity index (χ2n) is 7.87. The van der Waals surface area contributed by atoms with Crippen LogP contribution >= 0.6 is 23.1 Å². The van der Waals surface area contributed by atoms with E-state index in [0.29, 0.717) is 38.7 Å². The van der Waals surface area contributed by atoms with Crippen molar-refractivity contribution in [1.29, 1.82) is 0 Å². The Bertz CT molecular complexity index is 1670. The van der Waals surface area contributed by atoms with E-state index in [1.807, 2.05) is 19.1 Å². The Balaban J connectivity index is 0.000000448. The molecule has 0 saturated carbocycles. The van der Waals surface area contributed by atoms with Crippen molar-refractivity contribution in [2.75, 3.05) is 10.6 Å². The third-order valence-electron chi connectivity index (χ3n) is 4.85. The van der Waals surface area contributed by atoms with Gasteiger partial charge in [0.15, 0.2) is 5.82 Å². The molecule has 202 valence electrons. The fourth-order valence-corrected chi connectivity index (χ4v) is 4.00. The minimum absolute atomic E-state index is 0.306. The van der Waals surface area contributed by atoms with Crippen molar-refractivity contribution >= 4 is 62.4 Å². The maximum absolute atomic E-state index is 12.4. The molecule has 0 bridgehead atoms. The number of benzene rings is 1. The SMILES string of the molecule is Cc1cc(NC(=O)c2cn(C)cn2)cc(-c2nsc(Nc3ccc4[nH]ncc4c3Cl)n2)n1.O=C(O)C(F)(F)F. The molecule has 12 nitrogen and oxygen atoms in total. The number of nitrogens with one attached hydrogen (secondary N) is 3. The number of hydrogen-bond donors (Lipinski definition) is 4. The van der Waals surface area contributed by atoms with E-state index >= 15 is 0 Å². The smallest absolute Gasteiger partial charge is 0.475 e. The summed E-state index contributed by atoms with van der Waals surface area (Å²) < 4.78 is 37.8. The molecule has 4 heterocycles. The second-order valence-corrected chi connectivity index (χ2v) is 9.00. The van der Waals surface area contributed by atoms with Gasteiger partial charge in [0.2, 0.25) is 5.13 Å². The minimum atomic E-state index is -5.08. The number of aryl methyl sites for hydroxylation is 2. The molecule has 0 saturated heterocycles. The molecule has 0 fully saturated rings. The molecule has 0 aliphatic rings. The van der Waals surface area contributed by atoms with E-state index in [1.165, 1.54) is 11.5 Å². The number of carbonyl (C=O) groups is 2. The van der Waals surface area contributed by atoms with E-state index in [0.717, 1.165) is 16.6 Å². The summed E-state index contributed by atoms with van der Waals surface area (Å²) in [6.45, 7) is 1.84. The average Bonchev–Trinajstić information content (AvgIpc) is 3.61. The van der Waals surface area contributed by atoms with Crippen LogP contribution in [-0.4, -0.2) is 57.2 Å². The molecule has 5 rings (SSSR count). The minimum Gasteiger partial charge on any atom is -0.475 e. The number of anilines is 3. The van der Waals surface area contributed by atoms with Crippen molar-refractivity contribution in [2.45, 2.75) is 13.1 Å². The van der Waals surface area contributed by atoms with Crippen LogP contribution in [0.2, 0.25) is 5.02 Å². The fraction of sp³-hybridized carbons (Fsp3) is 0.136. The molecule has 0 spiro atoms. The predicted molar refractivity (Wildman–Crippen MR) is 137 cm³/mol. The number of H-pyrrole nitrogens is 1. The number of nitrogens with zero attached hydrogens (tertiary/aromatic N) is 6. The molecule has 0 unspecified atom stereocenters. The lowest BCUT2D eigenvalue weighted by atomic mass is 10.2. The van der Waals surface area contributed by atoms with Crippen molar-refractivity contribution in [3.05, 3.63) is 59.4 Å². The highest BCUT2D eigenvalue weighted by atomic mass is 35.5. The van der Waals surface area contributed by atoms with E-state index in [4.69, 9.17) is 21.5 Å². The molecule has 1 aromatic carbocycles. The van der Waals surface area contributed by atoms with Crippen LogP contribution in [0.15, 0.2) is 43.0 Å². The Hall–Kier alpha value is -4.57. The molecule has 0 radical (unpaired) electrons. The van der Waals surface area contributed by atoms with Crippen LogP contribution in [0.5, 0.6) is 0 Å². The molecule has 1 amide bonds. The number of alkyl halides is 3. The van der Waals surface area contributed by atoms with Gasteiger partial charge in [0.25, 0.3) is 5.91 Å². The van der Waals surface area contributed by atoms with Gasteiger partial charge in [-0.1, -0.05) is 11.6 Å². The number of carboxylic acids is 1. The molecule has 4 aromatic heterocycles. The van der Waals surface area contributed by atoms with Gasteiger partial charge in [-0.2, -0.15) is 27.6 Å². The van der Waals surface area contributed by atoms with Crippen LogP contribution in [-0.2, 0) is 11.8 Å². The largest absolute Gasteiger partial charge is 0.490 e. The molecule has 0 aliphatic carbocycles. The number of carbonyl (C=O) groups excluding carboxylic acids is 1. The van der Waals surface area contributed by atoms with Gasteiger partial charge in [0, 0.05) is 41.5 Å². The predicted octanol–water partition coefficient (Wildman–Crippen LogP) is 4.80. The molecule has 39 heavy (non-hydrogen) atoms. The first-order chi connectivity index (χ1) is 18.4. The van der Waals surface area contributed by atoms with Gasteiger partial charge in [-0.25, -0.2) is 14.8 Å². The van der Waals surface area contributed by atoms with Crippen LogP contribution < -0.4 is 10.6 Å². The lowest BCUT2D eigenvalue weighted by Crippen LogP contribution is -2.21. The zero-order valence-corrected chi connectivity index (χ0v) is 21.5. The summed E-state index contributed by atoms with van der Waals surface area (Å²) >= 11 is 7.66. The van der Waals surface area contributed by atoms with Gasteiger partial charge >= 0.3 is 12.1 Å².